The summed E-state index contributed by atoms with van der Waals surface area (Å²) in [5, 5.41) is 10.1. The van der Waals surface area contributed by atoms with E-state index in [4.69, 9.17) is 4.74 Å². The van der Waals surface area contributed by atoms with Crippen LogP contribution in [0.3, 0.4) is 0 Å². The first-order chi connectivity index (χ1) is 14.4. The number of anilines is 1. The predicted molar refractivity (Wildman–Crippen MR) is 124 cm³/mol. The summed E-state index contributed by atoms with van der Waals surface area (Å²) >= 11 is 1.77. The molecule has 0 radical (unpaired) electrons. The SMILES string of the molecule is COc1ccc2ccccc2c1C1NC(=O)c2c(sc3c2CCC(C(C)(C)C)C3)N1. The van der Waals surface area contributed by atoms with E-state index in [0.717, 1.165) is 51.9 Å². The molecule has 3 aromatic rings. The summed E-state index contributed by atoms with van der Waals surface area (Å²) in [7, 11) is 1.68. The van der Waals surface area contributed by atoms with Crippen molar-refractivity contribution in [3.63, 3.8) is 0 Å². The molecule has 0 spiro atoms. The Morgan fingerprint density at radius 3 is 2.67 bits per heavy atom. The summed E-state index contributed by atoms with van der Waals surface area (Å²) in [5.74, 6) is 1.46. The molecule has 2 N–H and O–H groups in total. The van der Waals surface area contributed by atoms with Gasteiger partial charge in [0, 0.05) is 10.4 Å². The number of carbonyl (C=O) groups excluding carboxylic acids is 1. The molecule has 2 aliphatic rings. The van der Waals surface area contributed by atoms with Gasteiger partial charge in [0.2, 0.25) is 0 Å². The van der Waals surface area contributed by atoms with Gasteiger partial charge in [0.15, 0.2) is 0 Å². The summed E-state index contributed by atoms with van der Waals surface area (Å²) in [6.45, 7) is 6.97. The fraction of sp³-hybridized carbons (Fsp3) is 0.400. The van der Waals surface area contributed by atoms with Crippen LogP contribution >= 0.6 is 11.3 Å². The molecule has 4 nitrogen and oxygen atoms in total. The summed E-state index contributed by atoms with van der Waals surface area (Å²) < 4.78 is 5.67. The third-order valence-corrected chi connectivity index (χ3v) is 7.89. The number of carbonyl (C=O) groups is 1. The number of fused-ring (bicyclic) bond motifs is 4. The van der Waals surface area contributed by atoms with Crippen LogP contribution in [-0.4, -0.2) is 13.0 Å². The van der Waals surface area contributed by atoms with E-state index in [1.807, 2.05) is 18.2 Å². The second-order valence-corrected chi connectivity index (χ2v) is 10.6. The number of nitrogens with one attached hydrogen (secondary N) is 2. The zero-order valence-corrected chi connectivity index (χ0v) is 18.8. The van der Waals surface area contributed by atoms with Gasteiger partial charge in [-0.05, 0) is 53.0 Å². The van der Waals surface area contributed by atoms with Gasteiger partial charge in [-0.15, -0.1) is 11.3 Å². The third kappa shape index (κ3) is 3.07. The largest absolute Gasteiger partial charge is 0.496 e. The number of hydrogen-bond acceptors (Lipinski definition) is 4. The van der Waals surface area contributed by atoms with Gasteiger partial charge in [-0.2, -0.15) is 0 Å². The Labute approximate surface area is 181 Å². The van der Waals surface area contributed by atoms with Crippen molar-refractivity contribution in [2.45, 2.75) is 46.2 Å². The first kappa shape index (κ1) is 19.4. The number of methoxy groups -OCH3 is 1. The van der Waals surface area contributed by atoms with E-state index in [1.165, 1.54) is 10.4 Å². The van der Waals surface area contributed by atoms with E-state index in [0.29, 0.717) is 5.92 Å². The molecule has 0 saturated carbocycles. The van der Waals surface area contributed by atoms with Crippen LogP contribution in [0, 0.1) is 11.3 Å². The van der Waals surface area contributed by atoms with Crippen LogP contribution < -0.4 is 15.4 Å². The van der Waals surface area contributed by atoms with Gasteiger partial charge in [0.1, 0.15) is 16.9 Å². The summed E-state index contributed by atoms with van der Waals surface area (Å²) in [6.07, 6.45) is 2.88. The molecule has 5 rings (SSSR count). The lowest BCUT2D eigenvalue weighted by Crippen LogP contribution is -2.38. The smallest absolute Gasteiger partial charge is 0.256 e. The highest BCUT2D eigenvalue weighted by atomic mass is 32.1. The molecule has 1 aliphatic heterocycles. The van der Waals surface area contributed by atoms with Crippen LogP contribution in [0.15, 0.2) is 36.4 Å². The molecule has 156 valence electrons. The Morgan fingerprint density at radius 2 is 1.90 bits per heavy atom. The first-order valence-electron chi connectivity index (χ1n) is 10.6. The van der Waals surface area contributed by atoms with Gasteiger partial charge in [-0.25, -0.2) is 0 Å². The second-order valence-electron chi connectivity index (χ2n) is 9.47. The average Bonchev–Trinajstić information content (AvgIpc) is 3.10. The van der Waals surface area contributed by atoms with Crippen LogP contribution in [0.5, 0.6) is 5.75 Å². The monoisotopic (exact) mass is 420 g/mol. The minimum absolute atomic E-state index is 0.0236. The van der Waals surface area contributed by atoms with Crippen LogP contribution in [0.25, 0.3) is 10.8 Å². The number of hydrogen-bond donors (Lipinski definition) is 2. The summed E-state index contributed by atoms with van der Waals surface area (Å²) in [6, 6.07) is 12.3. The number of rotatable bonds is 2. The maximum atomic E-state index is 13.2. The molecule has 0 fully saturated rings. The lowest BCUT2D eigenvalue weighted by molar-refractivity contribution is 0.0934. The van der Waals surface area contributed by atoms with Crippen LogP contribution in [0.1, 0.15) is 59.7 Å². The lowest BCUT2D eigenvalue weighted by atomic mass is 9.72. The molecule has 2 unspecified atom stereocenters. The van der Waals surface area contributed by atoms with Crippen LogP contribution in [-0.2, 0) is 12.8 Å². The third-order valence-electron chi connectivity index (χ3n) is 6.71. The second kappa shape index (κ2) is 7.02. The molecule has 2 atom stereocenters. The molecule has 2 aromatic carbocycles. The van der Waals surface area contributed by atoms with Crippen LogP contribution in [0.2, 0.25) is 0 Å². The van der Waals surface area contributed by atoms with Crippen molar-refractivity contribution in [2.24, 2.45) is 11.3 Å². The van der Waals surface area contributed by atoms with Crippen LogP contribution in [0.4, 0.5) is 5.00 Å². The molecule has 1 aliphatic carbocycles. The van der Waals surface area contributed by atoms with E-state index in [-0.39, 0.29) is 17.5 Å². The fourth-order valence-electron chi connectivity index (χ4n) is 4.93. The standard InChI is InChI=1S/C25H28N2O2S/c1-25(2,3)15-10-11-17-19(13-15)30-24-21(17)23(28)26-22(27-24)20-16-8-6-5-7-14(16)9-12-18(20)29-4/h5-9,12,15,22,27H,10-11,13H2,1-4H3,(H,26,28). The average molecular weight is 421 g/mol. The quantitative estimate of drug-likeness (QED) is 0.541. The molecule has 1 aromatic heterocycles. The highest BCUT2D eigenvalue weighted by Crippen LogP contribution is 2.47. The number of amides is 1. The van der Waals surface area contributed by atoms with Gasteiger partial charge in [-0.1, -0.05) is 51.1 Å². The van der Waals surface area contributed by atoms with E-state index in [9.17, 15) is 4.79 Å². The molecule has 5 heteroatoms. The number of benzene rings is 2. The van der Waals surface area contributed by atoms with Crippen molar-refractivity contribution in [1.29, 1.82) is 0 Å². The van der Waals surface area contributed by atoms with E-state index in [2.05, 4.69) is 49.6 Å². The molecule has 2 heterocycles. The van der Waals surface area contributed by atoms with Gasteiger partial charge in [0.25, 0.3) is 5.91 Å². The highest BCUT2D eigenvalue weighted by Gasteiger charge is 2.37. The Hall–Kier alpha value is -2.53. The van der Waals surface area contributed by atoms with Gasteiger partial charge in [-0.3, -0.25) is 4.79 Å². The summed E-state index contributed by atoms with van der Waals surface area (Å²) in [4.78, 5) is 14.6. The minimum atomic E-state index is -0.315. The Kier molecular flexibility index (Phi) is 4.55. The summed E-state index contributed by atoms with van der Waals surface area (Å²) in [5.41, 5.74) is 3.38. The normalized spacial score (nSPS) is 20.9. The lowest BCUT2D eigenvalue weighted by Gasteiger charge is -2.34. The zero-order valence-electron chi connectivity index (χ0n) is 18.0. The fourth-order valence-corrected chi connectivity index (χ4v) is 6.29. The van der Waals surface area contributed by atoms with E-state index in [1.54, 1.807) is 18.4 Å². The maximum absolute atomic E-state index is 13.2. The van der Waals surface area contributed by atoms with E-state index >= 15 is 0 Å². The molecule has 30 heavy (non-hydrogen) atoms. The molecule has 0 saturated heterocycles. The molecule has 0 bridgehead atoms. The van der Waals surface area contributed by atoms with Crippen molar-refractivity contribution < 1.29 is 9.53 Å². The number of ether oxygens (including phenoxy) is 1. The minimum Gasteiger partial charge on any atom is -0.496 e. The van der Waals surface area contributed by atoms with Gasteiger partial charge < -0.3 is 15.4 Å². The van der Waals surface area contributed by atoms with Gasteiger partial charge in [0.05, 0.1) is 12.7 Å². The highest BCUT2D eigenvalue weighted by molar-refractivity contribution is 7.16. The predicted octanol–water partition coefficient (Wildman–Crippen LogP) is 5.92. The van der Waals surface area contributed by atoms with Crippen molar-refractivity contribution in [1.82, 2.24) is 5.32 Å². The Morgan fingerprint density at radius 1 is 1.10 bits per heavy atom. The van der Waals surface area contributed by atoms with Crippen molar-refractivity contribution in [3.05, 3.63) is 58.0 Å². The zero-order chi connectivity index (χ0) is 21.0. The van der Waals surface area contributed by atoms with Gasteiger partial charge >= 0.3 is 0 Å². The molecular weight excluding hydrogens is 392 g/mol. The van der Waals surface area contributed by atoms with Crippen molar-refractivity contribution >= 4 is 33.0 Å². The first-order valence-corrected chi connectivity index (χ1v) is 11.5. The Balaban J connectivity index is 1.56. The molecular formula is C25H28N2O2S. The Bertz CT molecular complexity index is 1140. The van der Waals surface area contributed by atoms with Crippen molar-refractivity contribution in [2.75, 3.05) is 12.4 Å². The molecule has 1 amide bonds. The number of thiophene rings is 1. The van der Waals surface area contributed by atoms with Crippen molar-refractivity contribution in [3.8, 4) is 5.75 Å². The van der Waals surface area contributed by atoms with E-state index < -0.39 is 0 Å². The topological polar surface area (TPSA) is 50.4 Å². The maximum Gasteiger partial charge on any atom is 0.256 e.